The second kappa shape index (κ2) is 3.46. The van der Waals surface area contributed by atoms with Gasteiger partial charge in [0.15, 0.2) is 0 Å². The van der Waals surface area contributed by atoms with Gasteiger partial charge >= 0.3 is 0 Å². The van der Waals surface area contributed by atoms with Gasteiger partial charge in [0.2, 0.25) is 0 Å². The number of rotatable bonds is 2. The van der Waals surface area contributed by atoms with E-state index in [1.165, 1.54) is 0 Å². The third-order valence-corrected chi connectivity index (χ3v) is 1.59. The Labute approximate surface area is 67.7 Å². The summed E-state index contributed by atoms with van der Waals surface area (Å²) >= 11 is 0. The maximum atomic E-state index is 4.27. The summed E-state index contributed by atoms with van der Waals surface area (Å²) in [4.78, 5) is 8.45. The van der Waals surface area contributed by atoms with E-state index in [0.717, 1.165) is 29.9 Å². The van der Waals surface area contributed by atoms with E-state index in [9.17, 15) is 0 Å². The van der Waals surface area contributed by atoms with E-state index in [1.807, 2.05) is 13.8 Å². The van der Waals surface area contributed by atoms with Crippen molar-refractivity contribution in [3.8, 4) is 0 Å². The molecule has 0 saturated heterocycles. The predicted molar refractivity (Wildman–Crippen MR) is 44.3 cm³/mol. The highest BCUT2D eigenvalue weighted by molar-refractivity contribution is 5.10. The molecule has 1 heterocycles. The first-order valence-corrected chi connectivity index (χ1v) is 3.96. The Morgan fingerprint density at radius 1 is 1.36 bits per heavy atom. The highest BCUT2D eigenvalue weighted by atomic mass is 14.8. The lowest BCUT2D eigenvalue weighted by atomic mass is 10.2. The molecule has 0 atom stereocenters. The minimum atomic E-state index is 0.877. The van der Waals surface area contributed by atoms with E-state index >= 15 is 0 Å². The summed E-state index contributed by atoms with van der Waals surface area (Å²) in [7, 11) is 0. The molecule has 0 aliphatic rings. The minimum Gasteiger partial charge on any atom is -0.254 e. The molecule has 2 nitrogen and oxygen atoms in total. The molecule has 1 rings (SSSR count). The highest BCUT2D eigenvalue weighted by Gasteiger charge is 1.99. The lowest BCUT2D eigenvalue weighted by Crippen LogP contribution is -1.98. The molecule has 0 spiro atoms. The van der Waals surface area contributed by atoms with Gasteiger partial charge in [-0.2, -0.15) is 0 Å². The normalized spacial score (nSPS) is 10.1. The molecule has 1 radical (unpaired) electrons. The van der Waals surface area contributed by atoms with Crippen LogP contribution in [0.25, 0.3) is 0 Å². The van der Waals surface area contributed by atoms with Gasteiger partial charge in [-0.25, -0.2) is 4.98 Å². The SMILES string of the molecule is CCCc1n[c]c(C)nc1C. The quantitative estimate of drug-likeness (QED) is 0.641. The van der Waals surface area contributed by atoms with E-state index in [-0.39, 0.29) is 0 Å². The number of aromatic nitrogens is 2. The van der Waals surface area contributed by atoms with Crippen molar-refractivity contribution in [2.45, 2.75) is 33.6 Å². The molecule has 2 heteroatoms. The average molecular weight is 149 g/mol. The van der Waals surface area contributed by atoms with Crippen molar-refractivity contribution >= 4 is 0 Å². The Morgan fingerprint density at radius 3 is 2.64 bits per heavy atom. The fraction of sp³-hybridized carbons (Fsp3) is 0.556. The molecule has 11 heavy (non-hydrogen) atoms. The number of aryl methyl sites for hydroxylation is 3. The topological polar surface area (TPSA) is 25.8 Å². The van der Waals surface area contributed by atoms with Gasteiger partial charge in [0.1, 0.15) is 6.20 Å². The summed E-state index contributed by atoms with van der Waals surface area (Å²) in [6.07, 6.45) is 4.99. The highest BCUT2D eigenvalue weighted by Crippen LogP contribution is 2.03. The Bertz CT molecular complexity index is 243. The van der Waals surface area contributed by atoms with E-state index in [1.54, 1.807) is 0 Å². The number of nitrogens with zero attached hydrogens (tertiary/aromatic N) is 2. The van der Waals surface area contributed by atoms with Crippen molar-refractivity contribution < 1.29 is 0 Å². The van der Waals surface area contributed by atoms with Crippen LogP contribution >= 0.6 is 0 Å². The average Bonchev–Trinajstić information content (AvgIpc) is 1.95. The molecular weight excluding hydrogens is 136 g/mol. The minimum absolute atomic E-state index is 0.877. The van der Waals surface area contributed by atoms with E-state index < -0.39 is 0 Å². The fourth-order valence-electron chi connectivity index (χ4n) is 1.04. The Hall–Kier alpha value is -0.920. The molecular formula is C9H13N2. The monoisotopic (exact) mass is 149 g/mol. The van der Waals surface area contributed by atoms with E-state index in [0.29, 0.717) is 0 Å². The Kier molecular flexibility index (Phi) is 2.58. The van der Waals surface area contributed by atoms with E-state index in [4.69, 9.17) is 0 Å². The van der Waals surface area contributed by atoms with Crippen LogP contribution in [0, 0.1) is 20.0 Å². The zero-order chi connectivity index (χ0) is 8.27. The molecule has 0 saturated carbocycles. The van der Waals surface area contributed by atoms with Crippen LogP contribution in [0.15, 0.2) is 0 Å². The molecule has 0 N–H and O–H groups in total. The second-order valence-corrected chi connectivity index (χ2v) is 2.70. The summed E-state index contributed by atoms with van der Waals surface area (Å²) in [5.74, 6) is 0. The first kappa shape index (κ1) is 8.18. The first-order valence-electron chi connectivity index (χ1n) is 3.96. The maximum Gasteiger partial charge on any atom is 0.112 e. The zero-order valence-electron chi connectivity index (χ0n) is 7.31. The summed E-state index contributed by atoms with van der Waals surface area (Å²) in [5.41, 5.74) is 3.00. The smallest absolute Gasteiger partial charge is 0.112 e. The lowest BCUT2D eigenvalue weighted by Gasteiger charge is -2.01. The summed E-state index contributed by atoms with van der Waals surface area (Å²) in [6, 6.07) is 0. The van der Waals surface area contributed by atoms with Crippen LogP contribution in [0.3, 0.4) is 0 Å². The molecule has 0 bridgehead atoms. The number of hydrogen-bond donors (Lipinski definition) is 0. The molecule has 59 valence electrons. The van der Waals surface area contributed by atoms with Crippen molar-refractivity contribution in [1.82, 2.24) is 9.97 Å². The number of hydrogen-bond acceptors (Lipinski definition) is 2. The summed E-state index contributed by atoms with van der Waals surface area (Å²) in [6.45, 7) is 6.05. The third kappa shape index (κ3) is 2.00. The molecule has 1 aromatic heterocycles. The van der Waals surface area contributed by atoms with Crippen molar-refractivity contribution in [3.63, 3.8) is 0 Å². The van der Waals surface area contributed by atoms with Crippen molar-refractivity contribution in [2.75, 3.05) is 0 Å². The molecule has 0 fully saturated rings. The van der Waals surface area contributed by atoms with Crippen LogP contribution in [0.2, 0.25) is 0 Å². The maximum absolute atomic E-state index is 4.27. The molecule has 0 aromatic carbocycles. The van der Waals surface area contributed by atoms with Crippen molar-refractivity contribution in [2.24, 2.45) is 0 Å². The Balaban J connectivity index is 2.90. The van der Waals surface area contributed by atoms with Crippen molar-refractivity contribution in [1.29, 1.82) is 0 Å². The molecule has 0 unspecified atom stereocenters. The summed E-state index contributed by atoms with van der Waals surface area (Å²) < 4.78 is 0. The lowest BCUT2D eigenvalue weighted by molar-refractivity contribution is 0.842. The molecule has 0 aliphatic heterocycles. The standard InChI is InChI=1S/C9H13N2/c1-4-5-9-8(3)11-7(2)6-10-9/h4-5H2,1-3H3. The van der Waals surface area contributed by atoms with Gasteiger partial charge in [0, 0.05) is 0 Å². The largest absolute Gasteiger partial charge is 0.254 e. The first-order chi connectivity index (χ1) is 5.24. The van der Waals surface area contributed by atoms with Crippen LogP contribution in [-0.2, 0) is 6.42 Å². The molecule has 0 aliphatic carbocycles. The second-order valence-electron chi connectivity index (χ2n) is 2.70. The van der Waals surface area contributed by atoms with Crippen LogP contribution in [0.5, 0.6) is 0 Å². The third-order valence-electron chi connectivity index (χ3n) is 1.59. The van der Waals surface area contributed by atoms with Gasteiger partial charge in [-0.05, 0) is 20.3 Å². The van der Waals surface area contributed by atoms with Gasteiger partial charge in [-0.3, -0.25) is 4.98 Å². The molecule has 1 aromatic rings. The van der Waals surface area contributed by atoms with Gasteiger partial charge in [-0.15, -0.1) is 0 Å². The van der Waals surface area contributed by atoms with Gasteiger partial charge in [0.25, 0.3) is 0 Å². The van der Waals surface area contributed by atoms with Gasteiger partial charge in [-0.1, -0.05) is 13.3 Å². The fourth-order valence-corrected chi connectivity index (χ4v) is 1.04. The van der Waals surface area contributed by atoms with Crippen molar-refractivity contribution in [3.05, 3.63) is 23.3 Å². The van der Waals surface area contributed by atoms with E-state index in [2.05, 4.69) is 23.1 Å². The zero-order valence-corrected chi connectivity index (χ0v) is 7.31. The predicted octanol–water partition coefficient (Wildman–Crippen LogP) is 1.85. The molecule has 0 amide bonds. The Morgan fingerprint density at radius 2 is 2.09 bits per heavy atom. The van der Waals surface area contributed by atoms with Gasteiger partial charge < -0.3 is 0 Å². The van der Waals surface area contributed by atoms with Crippen LogP contribution in [0.4, 0.5) is 0 Å². The van der Waals surface area contributed by atoms with Crippen LogP contribution < -0.4 is 0 Å². The summed E-state index contributed by atoms with van der Waals surface area (Å²) in [5, 5.41) is 0. The van der Waals surface area contributed by atoms with Crippen LogP contribution in [-0.4, -0.2) is 9.97 Å². The van der Waals surface area contributed by atoms with Gasteiger partial charge in [0.05, 0.1) is 17.1 Å². The van der Waals surface area contributed by atoms with Crippen LogP contribution in [0.1, 0.15) is 30.4 Å².